The minimum Gasteiger partial charge on any atom is -0.500 e. The molecule has 0 unspecified atom stereocenters. The molecule has 0 aromatic heterocycles. The fourth-order valence-electron chi connectivity index (χ4n) is 5.94. The second-order valence-electron chi connectivity index (χ2n) is 15.2. The van der Waals surface area contributed by atoms with Crippen molar-refractivity contribution in [2.45, 2.75) is 88.5 Å². The van der Waals surface area contributed by atoms with Gasteiger partial charge in [0.2, 0.25) is 0 Å². The van der Waals surface area contributed by atoms with E-state index in [9.17, 15) is 4.79 Å². The largest absolute Gasteiger partial charge is 0.500 e. The summed E-state index contributed by atoms with van der Waals surface area (Å²) in [4.78, 5) is 18.7. The Balaban J connectivity index is 2.12. The Morgan fingerprint density at radius 2 is 1.00 bits per heavy atom. The quantitative estimate of drug-likeness (QED) is 0.0476. The Morgan fingerprint density at radius 3 is 1.34 bits per heavy atom. The number of nitrogens with zero attached hydrogens (tertiary/aromatic N) is 2. The van der Waals surface area contributed by atoms with Crippen molar-refractivity contribution < 1.29 is 33.2 Å². The maximum absolute atomic E-state index is 14.9. The third-order valence-corrected chi connectivity index (χ3v) is 12.2. The van der Waals surface area contributed by atoms with Crippen molar-refractivity contribution in [2.75, 3.05) is 53.1 Å². The lowest BCUT2D eigenvalue weighted by Crippen LogP contribution is -2.54. The lowest BCUT2D eigenvalue weighted by Gasteiger charge is -2.38. The van der Waals surface area contributed by atoms with E-state index in [1.807, 2.05) is 46.2 Å². The molecule has 0 N–H and O–H groups in total. The van der Waals surface area contributed by atoms with Crippen molar-refractivity contribution in [1.29, 1.82) is 0 Å². The zero-order valence-corrected chi connectivity index (χ0v) is 33.4. The smallest absolute Gasteiger partial charge is 0.320 e. The van der Waals surface area contributed by atoms with E-state index in [0.717, 1.165) is 23.2 Å². The van der Waals surface area contributed by atoms with Crippen molar-refractivity contribution in [1.82, 2.24) is 9.80 Å². The highest BCUT2D eigenvalue weighted by Crippen LogP contribution is 2.31. The molecule has 11 heteroatoms. The van der Waals surface area contributed by atoms with E-state index in [2.05, 4.69) is 76.7 Å². The summed E-state index contributed by atoms with van der Waals surface area (Å²) in [5.41, 5.74) is 2.17. The second kappa shape index (κ2) is 21.4. The van der Waals surface area contributed by atoms with Gasteiger partial charge in [-0.3, -0.25) is 0 Å². The Labute approximate surface area is 303 Å². The zero-order chi connectivity index (χ0) is 36.4. The monoisotopic (exact) mass is 726 g/mol. The Kier molecular flexibility index (Phi) is 17.8. The maximum Gasteiger partial charge on any atom is 0.320 e. The number of ether oxygens (including phenoxy) is 6. The maximum atomic E-state index is 14.9. The summed E-state index contributed by atoms with van der Waals surface area (Å²) in [6.07, 6.45) is 2.79. The summed E-state index contributed by atoms with van der Waals surface area (Å²) in [6, 6.07) is 21.5. The van der Waals surface area contributed by atoms with Gasteiger partial charge in [-0.25, -0.2) is 4.79 Å². The van der Waals surface area contributed by atoms with E-state index in [0.29, 0.717) is 39.1 Å². The summed E-state index contributed by atoms with van der Waals surface area (Å²) in [6.45, 7) is 24.1. The van der Waals surface area contributed by atoms with Crippen molar-refractivity contribution in [3.05, 3.63) is 97.5 Å². The van der Waals surface area contributed by atoms with Gasteiger partial charge in [0.25, 0.3) is 0 Å². The summed E-state index contributed by atoms with van der Waals surface area (Å²) >= 11 is 0. The van der Waals surface area contributed by atoms with E-state index in [-0.39, 0.29) is 32.8 Å². The normalized spacial score (nSPS) is 20.0. The van der Waals surface area contributed by atoms with Crippen molar-refractivity contribution >= 4 is 22.2 Å². The fraction of sp³-hybridized carbons (Fsp3) is 0.564. The number of hydrogen-bond acceptors (Lipinski definition) is 7. The van der Waals surface area contributed by atoms with Gasteiger partial charge in [0.1, 0.15) is 39.0 Å². The Bertz CT molecular complexity index is 1160. The molecule has 1 fully saturated rings. The first kappa shape index (κ1) is 41.5. The van der Waals surface area contributed by atoms with Gasteiger partial charge in [-0.2, -0.15) is 0 Å². The van der Waals surface area contributed by atoms with Crippen LogP contribution < -0.4 is 0 Å². The first-order valence-electron chi connectivity index (χ1n) is 17.9. The van der Waals surface area contributed by atoms with Crippen LogP contribution >= 0.6 is 0 Å². The molecular weight excluding hydrogens is 665 g/mol. The van der Waals surface area contributed by atoms with Crippen LogP contribution in [-0.2, 0) is 41.3 Å². The van der Waals surface area contributed by atoms with Gasteiger partial charge in [-0.15, -0.1) is 0 Å². The fourth-order valence-corrected chi connectivity index (χ4v) is 7.45. The summed E-state index contributed by atoms with van der Waals surface area (Å²) in [5.74, 6) is 0. The van der Waals surface area contributed by atoms with Crippen molar-refractivity contribution in [2.24, 2.45) is 0 Å². The molecule has 3 rings (SSSR count). The lowest BCUT2D eigenvalue weighted by atomic mass is 9.90. The van der Waals surface area contributed by atoms with Crippen LogP contribution in [0.4, 0.5) is 4.79 Å². The molecule has 1 saturated heterocycles. The standard InChI is InChI=1S/C39H62N2O7Si2/c1-9-43-23-21-40-35(29-33-17-13-11-14-18-33)37(47-31-45-25-27-49(3,4)5)38(48-32-46-26-28-50(6,7)8)36(30-34-19-15-12-16-20-34)41(39(40)42)22-24-44-10-2/h9-20,35-38H,1-2,21-32H2,3-8H3/t35-,36-,37+,38+/m1/s1. The molecule has 9 nitrogen and oxygen atoms in total. The van der Waals surface area contributed by atoms with Crippen LogP contribution in [0.5, 0.6) is 0 Å². The highest BCUT2D eigenvalue weighted by molar-refractivity contribution is 6.76. The van der Waals surface area contributed by atoms with Crippen LogP contribution in [0.2, 0.25) is 51.4 Å². The molecule has 2 aromatic rings. The van der Waals surface area contributed by atoms with Gasteiger partial charge >= 0.3 is 6.03 Å². The Hall–Kier alpha value is -2.94. The predicted octanol–water partition coefficient (Wildman–Crippen LogP) is 7.66. The van der Waals surface area contributed by atoms with Gasteiger partial charge < -0.3 is 38.2 Å². The number of carbonyl (C=O) groups excluding carboxylic acids is 1. The van der Waals surface area contributed by atoms with Gasteiger partial charge in [0.05, 0.1) is 37.7 Å². The molecule has 2 aromatic carbocycles. The molecule has 0 aliphatic carbocycles. The predicted molar refractivity (Wildman–Crippen MR) is 207 cm³/mol. The summed E-state index contributed by atoms with van der Waals surface area (Å²) in [5, 5.41) is 0. The van der Waals surface area contributed by atoms with Gasteiger partial charge in [0, 0.05) is 29.4 Å². The van der Waals surface area contributed by atoms with Crippen LogP contribution in [0.15, 0.2) is 86.3 Å². The van der Waals surface area contributed by atoms with E-state index in [1.54, 1.807) is 0 Å². The molecule has 50 heavy (non-hydrogen) atoms. The third-order valence-electron chi connectivity index (χ3n) is 8.77. The zero-order valence-electron chi connectivity index (χ0n) is 31.4. The molecule has 1 aliphatic rings. The average molecular weight is 727 g/mol. The number of carbonyl (C=O) groups is 1. The molecule has 0 saturated carbocycles. The number of urea groups is 1. The molecule has 4 atom stereocenters. The molecular formula is C39H62N2O7Si2. The van der Waals surface area contributed by atoms with E-state index < -0.39 is 40.4 Å². The lowest BCUT2D eigenvalue weighted by molar-refractivity contribution is -0.187. The van der Waals surface area contributed by atoms with Gasteiger partial charge in [-0.1, -0.05) is 113 Å². The minimum absolute atomic E-state index is 0.0829. The van der Waals surface area contributed by atoms with Gasteiger partial charge in [-0.05, 0) is 36.1 Å². The molecule has 1 heterocycles. The van der Waals surface area contributed by atoms with Crippen LogP contribution in [0.3, 0.4) is 0 Å². The molecule has 0 bridgehead atoms. The van der Waals surface area contributed by atoms with Crippen molar-refractivity contribution in [3.8, 4) is 0 Å². The number of hydrogen-bond donors (Lipinski definition) is 0. The number of rotatable bonds is 24. The van der Waals surface area contributed by atoms with Crippen LogP contribution in [-0.4, -0.2) is 109 Å². The van der Waals surface area contributed by atoms with Crippen molar-refractivity contribution in [3.63, 3.8) is 0 Å². The minimum atomic E-state index is -1.31. The topological polar surface area (TPSA) is 78.9 Å². The average Bonchev–Trinajstić information content (AvgIpc) is 3.14. The first-order valence-corrected chi connectivity index (χ1v) is 25.3. The molecule has 278 valence electrons. The second-order valence-corrected chi connectivity index (χ2v) is 26.4. The van der Waals surface area contributed by atoms with Crippen LogP contribution in [0.25, 0.3) is 0 Å². The van der Waals surface area contributed by atoms with E-state index in [4.69, 9.17) is 28.4 Å². The number of amides is 2. The van der Waals surface area contributed by atoms with E-state index in [1.165, 1.54) is 12.5 Å². The molecule has 0 radical (unpaired) electrons. The van der Waals surface area contributed by atoms with Gasteiger partial charge in [0.15, 0.2) is 0 Å². The van der Waals surface area contributed by atoms with E-state index >= 15 is 0 Å². The van der Waals surface area contributed by atoms with Crippen LogP contribution in [0.1, 0.15) is 11.1 Å². The summed E-state index contributed by atoms with van der Waals surface area (Å²) < 4.78 is 37.1. The highest BCUT2D eigenvalue weighted by atomic mass is 28.3. The molecule has 0 spiro atoms. The number of benzene rings is 2. The first-order chi connectivity index (χ1) is 23.9. The molecule has 1 aliphatic heterocycles. The Morgan fingerprint density at radius 1 is 0.620 bits per heavy atom. The summed E-state index contributed by atoms with van der Waals surface area (Å²) in [7, 11) is -2.62. The highest BCUT2D eigenvalue weighted by Gasteiger charge is 2.49. The molecule has 2 amide bonds. The third kappa shape index (κ3) is 14.7. The van der Waals surface area contributed by atoms with Crippen LogP contribution in [0, 0.1) is 0 Å². The SMILES string of the molecule is C=COCCN1C(=O)N(CCOC=C)[C@H](Cc2ccccc2)[C@H](OCOCC[Si](C)(C)C)[C@@H](OCOCC[Si](C)(C)C)[C@H]1Cc1ccccc1.